The molecule has 0 amide bonds. The monoisotopic (exact) mass is 385 g/mol. The number of aryl methyl sites for hydroxylation is 1. The zero-order chi connectivity index (χ0) is 19.5. The Morgan fingerprint density at radius 3 is 2.32 bits per heavy atom. The van der Waals surface area contributed by atoms with Crippen molar-refractivity contribution in [3.05, 3.63) is 102 Å². The predicted molar refractivity (Wildman–Crippen MR) is 120 cm³/mol. The second-order valence-corrected chi connectivity index (χ2v) is 7.17. The van der Waals surface area contributed by atoms with Gasteiger partial charge in [0, 0.05) is 28.0 Å². The summed E-state index contributed by atoms with van der Waals surface area (Å²) in [7, 11) is 0. The van der Waals surface area contributed by atoms with Gasteiger partial charge in [-0.3, -0.25) is 4.98 Å². The number of hydrogen-bond donors (Lipinski definition) is 0. The van der Waals surface area contributed by atoms with Crippen molar-refractivity contribution in [2.75, 3.05) is 4.90 Å². The summed E-state index contributed by atoms with van der Waals surface area (Å²) < 4.78 is 0. The number of halogens is 1. The van der Waals surface area contributed by atoms with E-state index in [0.717, 1.165) is 39.9 Å². The van der Waals surface area contributed by atoms with E-state index < -0.39 is 0 Å². The number of nitrogens with zero attached hydrogens (tertiary/aromatic N) is 2. The van der Waals surface area contributed by atoms with Crippen LogP contribution in [-0.4, -0.2) is 4.98 Å². The van der Waals surface area contributed by atoms with Crippen LogP contribution >= 0.6 is 11.6 Å². The minimum absolute atomic E-state index is 0.640. The highest BCUT2D eigenvalue weighted by molar-refractivity contribution is 6.31. The zero-order valence-corrected chi connectivity index (χ0v) is 16.7. The number of hydrogen-bond acceptors (Lipinski definition) is 2. The minimum atomic E-state index is 0.640. The van der Waals surface area contributed by atoms with Crippen molar-refractivity contribution in [2.45, 2.75) is 19.8 Å². The van der Waals surface area contributed by atoms with Crippen LogP contribution in [0.5, 0.6) is 0 Å². The first-order valence-electron chi connectivity index (χ1n) is 9.51. The highest BCUT2D eigenvalue weighted by Gasteiger charge is 2.19. The van der Waals surface area contributed by atoms with Crippen molar-refractivity contribution in [1.29, 1.82) is 0 Å². The number of benzene rings is 3. The Kier molecular flexibility index (Phi) is 5.31. The van der Waals surface area contributed by atoms with E-state index in [9.17, 15) is 0 Å². The Hall–Kier alpha value is -2.84. The van der Waals surface area contributed by atoms with E-state index in [1.54, 1.807) is 0 Å². The summed E-state index contributed by atoms with van der Waals surface area (Å²) in [5, 5.41) is 1.73. The van der Waals surface area contributed by atoms with E-state index in [0.29, 0.717) is 11.4 Å². The number of para-hydroxylation sites is 1. The molecule has 1 radical (unpaired) electrons. The summed E-state index contributed by atoms with van der Waals surface area (Å²) in [5.41, 5.74) is 6.59. The maximum atomic E-state index is 6.36. The van der Waals surface area contributed by atoms with Gasteiger partial charge in [0.15, 0.2) is 0 Å². The Bertz CT molecular complexity index is 1090. The van der Waals surface area contributed by atoms with Crippen molar-refractivity contribution in [3.8, 4) is 0 Å². The van der Waals surface area contributed by atoms with Gasteiger partial charge >= 0.3 is 0 Å². The molecule has 0 unspecified atom stereocenters. The molecule has 0 fully saturated rings. The molecule has 3 aromatic carbocycles. The Balaban J connectivity index is 2.02. The first-order chi connectivity index (χ1) is 13.7. The molecule has 0 aliphatic rings. The Morgan fingerprint density at radius 1 is 0.929 bits per heavy atom. The van der Waals surface area contributed by atoms with Crippen molar-refractivity contribution in [3.63, 3.8) is 0 Å². The molecule has 1 aromatic heterocycles. The molecule has 2 nitrogen and oxygen atoms in total. The summed E-state index contributed by atoms with van der Waals surface area (Å²) >= 11 is 6.36. The number of aromatic nitrogens is 1. The van der Waals surface area contributed by atoms with E-state index in [-0.39, 0.29) is 0 Å². The average Bonchev–Trinajstić information content (AvgIpc) is 2.75. The third kappa shape index (κ3) is 3.48. The summed E-state index contributed by atoms with van der Waals surface area (Å²) in [4.78, 5) is 6.90. The molecule has 0 saturated carbocycles. The normalized spacial score (nSPS) is 11.0. The maximum Gasteiger partial charge on any atom is 0.0724 e. The van der Waals surface area contributed by atoms with Gasteiger partial charge in [-0.05, 0) is 73.4 Å². The molecule has 0 aliphatic heterocycles. The quantitative estimate of drug-likeness (QED) is 0.358. The SMILES string of the molecule is [CH2]Cc1cnc2ccc(Cl)cc2c1N(c1ccccc1)c1ccc(CC)cc1. The molecule has 28 heavy (non-hydrogen) atoms. The lowest BCUT2D eigenvalue weighted by molar-refractivity contribution is 1.13. The van der Waals surface area contributed by atoms with E-state index in [1.807, 2.05) is 30.5 Å². The smallest absolute Gasteiger partial charge is 0.0724 e. The lowest BCUT2D eigenvalue weighted by Gasteiger charge is -2.29. The summed E-state index contributed by atoms with van der Waals surface area (Å²) in [5.74, 6) is 0. The van der Waals surface area contributed by atoms with Crippen LogP contribution in [0.2, 0.25) is 5.02 Å². The molecule has 3 heteroatoms. The van der Waals surface area contributed by atoms with Gasteiger partial charge in [0.25, 0.3) is 0 Å². The molecule has 0 bridgehead atoms. The second kappa shape index (κ2) is 8.04. The Morgan fingerprint density at radius 2 is 1.64 bits per heavy atom. The second-order valence-electron chi connectivity index (χ2n) is 6.73. The molecule has 0 N–H and O–H groups in total. The minimum Gasteiger partial charge on any atom is -0.309 e. The van der Waals surface area contributed by atoms with E-state index in [4.69, 9.17) is 11.6 Å². The van der Waals surface area contributed by atoms with Gasteiger partial charge in [0.1, 0.15) is 0 Å². The van der Waals surface area contributed by atoms with Gasteiger partial charge < -0.3 is 4.90 Å². The lowest BCUT2D eigenvalue weighted by Crippen LogP contribution is -2.13. The topological polar surface area (TPSA) is 16.1 Å². The van der Waals surface area contributed by atoms with Crippen LogP contribution in [0.25, 0.3) is 10.9 Å². The number of pyridine rings is 1. The fourth-order valence-corrected chi connectivity index (χ4v) is 3.68. The lowest BCUT2D eigenvalue weighted by atomic mass is 10.0. The third-order valence-corrected chi connectivity index (χ3v) is 5.22. The third-order valence-electron chi connectivity index (χ3n) is 4.99. The van der Waals surface area contributed by atoms with E-state index in [1.165, 1.54) is 5.56 Å². The zero-order valence-electron chi connectivity index (χ0n) is 15.9. The largest absolute Gasteiger partial charge is 0.309 e. The van der Waals surface area contributed by atoms with Crippen LogP contribution in [0.15, 0.2) is 79.0 Å². The highest BCUT2D eigenvalue weighted by Crippen LogP contribution is 2.41. The van der Waals surface area contributed by atoms with E-state index >= 15 is 0 Å². The highest BCUT2D eigenvalue weighted by atomic mass is 35.5. The molecular formula is C25H22ClN2. The van der Waals surface area contributed by atoms with Crippen molar-refractivity contribution in [1.82, 2.24) is 4.98 Å². The van der Waals surface area contributed by atoms with Crippen molar-refractivity contribution >= 4 is 39.6 Å². The molecule has 4 aromatic rings. The van der Waals surface area contributed by atoms with Crippen LogP contribution in [0, 0.1) is 6.92 Å². The summed E-state index contributed by atoms with van der Waals surface area (Å²) in [6.07, 6.45) is 3.58. The molecule has 0 aliphatic carbocycles. The van der Waals surface area contributed by atoms with Gasteiger partial charge in [-0.2, -0.15) is 0 Å². The van der Waals surface area contributed by atoms with Gasteiger partial charge in [-0.15, -0.1) is 0 Å². The summed E-state index contributed by atoms with van der Waals surface area (Å²) in [6.45, 7) is 6.31. The van der Waals surface area contributed by atoms with Crippen LogP contribution in [0.1, 0.15) is 18.1 Å². The fraction of sp³-hybridized carbons (Fsp3) is 0.120. The van der Waals surface area contributed by atoms with E-state index in [2.05, 4.69) is 72.3 Å². The summed E-state index contributed by atoms with van der Waals surface area (Å²) in [6, 6.07) is 25.0. The number of rotatable bonds is 5. The number of anilines is 3. The Labute approximate surface area is 171 Å². The van der Waals surface area contributed by atoms with Crippen LogP contribution < -0.4 is 4.90 Å². The predicted octanol–water partition coefficient (Wildman–Crippen LogP) is 7.30. The average molecular weight is 386 g/mol. The van der Waals surface area contributed by atoms with Crippen LogP contribution in [-0.2, 0) is 12.8 Å². The molecule has 0 spiro atoms. The maximum absolute atomic E-state index is 6.36. The van der Waals surface area contributed by atoms with Gasteiger partial charge in [-0.25, -0.2) is 0 Å². The number of fused-ring (bicyclic) bond motifs is 1. The molecule has 4 rings (SSSR count). The van der Waals surface area contributed by atoms with Crippen LogP contribution in [0.4, 0.5) is 17.1 Å². The molecule has 139 valence electrons. The first-order valence-corrected chi connectivity index (χ1v) is 9.89. The van der Waals surface area contributed by atoms with Gasteiger partial charge in [0.2, 0.25) is 0 Å². The van der Waals surface area contributed by atoms with Gasteiger partial charge in [0.05, 0.1) is 11.2 Å². The molecule has 0 saturated heterocycles. The first kappa shape index (κ1) is 18.5. The van der Waals surface area contributed by atoms with Crippen molar-refractivity contribution < 1.29 is 0 Å². The standard InChI is InChI=1S/C25H22ClN2/c1-3-18-10-13-22(14-11-18)28(21-8-6-5-7-9-21)25-19(4-2)17-27-24-15-12-20(26)16-23(24)25/h5-17H,2-4H2,1H3. The van der Waals surface area contributed by atoms with Crippen molar-refractivity contribution in [2.24, 2.45) is 0 Å². The molecule has 0 atom stereocenters. The van der Waals surface area contributed by atoms with Crippen LogP contribution in [0.3, 0.4) is 0 Å². The fourth-order valence-electron chi connectivity index (χ4n) is 3.50. The molecular weight excluding hydrogens is 364 g/mol. The van der Waals surface area contributed by atoms with Gasteiger partial charge in [-0.1, -0.05) is 48.9 Å². The molecule has 1 heterocycles.